The number of hydrogen-bond donors (Lipinski definition) is 2. The highest BCUT2D eigenvalue weighted by Crippen LogP contribution is 2.29. The highest BCUT2D eigenvalue weighted by atomic mass is 16.7. The van der Waals surface area contributed by atoms with Crippen LogP contribution in [0.5, 0.6) is 0 Å². The first-order chi connectivity index (χ1) is 12.5. The second-order valence-electron chi connectivity index (χ2n) is 6.57. The molecule has 140 valence electrons. The minimum atomic E-state index is -0.540. The number of ketones is 1. The van der Waals surface area contributed by atoms with Crippen molar-refractivity contribution >= 4 is 23.4 Å². The van der Waals surface area contributed by atoms with Gasteiger partial charge in [-0.3, -0.25) is 14.4 Å². The third kappa shape index (κ3) is 3.65. The van der Waals surface area contributed by atoms with Crippen molar-refractivity contribution in [2.45, 2.75) is 31.3 Å². The maximum absolute atomic E-state index is 12.4. The Balaban J connectivity index is 1.50. The smallest absolute Gasteiger partial charge is 0.345 e. The monoisotopic (exact) mass is 360 g/mol. The molecule has 2 bridgehead atoms. The number of amides is 3. The molecule has 2 heterocycles. The summed E-state index contributed by atoms with van der Waals surface area (Å²) in [5.41, 5.74) is 1.87. The summed E-state index contributed by atoms with van der Waals surface area (Å²) in [7, 11) is 3.29. The molecule has 8 nitrogen and oxygen atoms in total. The number of nitrogens with zero attached hydrogens (tertiary/aromatic N) is 2. The minimum absolute atomic E-state index is 0.00114. The average Bonchev–Trinajstić information content (AvgIpc) is 2.90. The van der Waals surface area contributed by atoms with E-state index in [0.717, 1.165) is 11.3 Å². The van der Waals surface area contributed by atoms with Crippen molar-refractivity contribution in [2.75, 3.05) is 32.6 Å². The van der Waals surface area contributed by atoms with Crippen LogP contribution in [0.3, 0.4) is 0 Å². The SMILES string of the molecule is CNc1ccc(CC(=O)CNC(=O)[C@@H]2CC[C@@H]3CN2C(=O)N3OC)cc1. The van der Waals surface area contributed by atoms with E-state index in [1.54, 1.807) is 0 Å². The fourth-order valence-electron chi connectivity index (χ4n) is 3.52. The lowest BCUT2D eigenvalue weighted by molar-refractivity contribution is -0.128. The number of rotatable bonds is 7. The zero-order valence-electron chi connectivity index (χ0n) is 15.0. The van der Waals surface area contributed by atoms with Gasteiger partial charge in [0.25, 0.3) is 0 Å². The molecule has 2 atom stereocenters. The van der Waals surface area contributed by atoms with E-state index in [-0.39, 0.29) is 36.7 Å². The summed E-state index contributed by atoms with van der Waals surface area (Å²) >= 11 is 0. The topological polar surface area (TPSA) is 91.0 Å². The van der Waals surface area contributed by atoms with Gasteiger partial charge in [0.1, 0.15) is 6.04 Å². The molecule has 26 heavy (non-hydrogen) atoms. The molecule has 8 heteroatoms. The predicted octanol–water partition coefficient (Wildman–Crippen LogP) is 0.786. The quantitative estimate of drug-likeness (QED) is 0.750. The minimum Gasteiger partial charge on any atom is -0.388 e. The third-order valence-corrected chi connectivity index (χ3v) is 4.93. The number of carbonyl (C=O) groups excluding carboxylic acids is 3. The largest absolute Gasteiger partial charge is 0.388 e. The standard InChI is InChI=1S/C18H24N4O4/c1-19-13-5-3-12(4-6-13)9-15(23)10-20-17(24)16-8-7-14-11-21(16)18(25)22(14)26-2/h3-6,14,16,19H,7-11H2,1-2H3,(H,20,24)/t14-,16+/m1/s1. The van der Waals surface area contributed by atoms with Crippen molar-refractivity contribution in [3.63, 3.8) is 0 Å². The predicted molar refractivity (Wildman–Crippen MR) is 95.5 cm³/mol. The summed E-state index contributed by atoms with van der Waals surface area (Å²) in [5.74, 6) is -0.357. The molecule has 2 N–H and O–H groups in total. The van der Waals surface area contributed by atoms with Crippen molar-refractivity contribution < 1.29 is 19.2 Å². The summed E-state index contributed by atoms with van der Waals surface area (Å²) in [6.07, 6.45) is 1.54. The number of urea groups is 1. The number of carbonyl (C=O) groups is 3. The second kappa shape index (κ2) is 7.74. The molecule has 3 rings (SSSR count). The van der Waals surface area contributed by atoms with Crippen LogP contribution in [0.4, 0.5) is 10.5 Å². The summed E-state index contributed by atoms with van der Waals surface area (Å²) in [6, 6.07) is 6.75. The molecule has 0 spiro atoms. The van der Waals surface area contributed by atoms with E-state index < -0.39 is 6.04 Å². The summed E-state index contributed by atoms with van der Waals surface area (Å²) in [6.45, 7) is 0.444. The number of benzene rings is 1. The van der Waals surface area contributed by atoms with Crippen LogP contribution in [0.15, 0.2) is 24.3 Å². The Labute approximate surface area is 152 Å². The molecule has 1 aromatic rings. The zero-order valence-corrected chi connectivity index (χ0v) is 15.0. The molecule has 0 radical (unpaired) electrons. The molecule has 2 aliphatic rings. The summed E-state index contributed by atoms with van der Waals surface area (Å²) in [4.78, 5) is 43.4. The number of hydrogen-bond acceptors (Lipinski definition) is 5. The zero-order chi connectivity index (χ0) is 18.7. The average molecular weight is 360 g/mol. The van der Waals surface area contributed by atoms with E-state index in [9.17, 15) is 14.4 Å². The van der Waals surface area contributed by atoms with Gasteiger partial charge in [-0.2, -0.15) is 5.06 Å². The molecule has 2 fully saturated rings. The van der Waals surface area contributed by atoms with Gasteiger partial charge in [-0.05, 0) is 30.5 Å². The molecular weight excluding hydrogens is 336 g/mol. The molecule has 0 saturated carbocycles. The van der Waals surface area contributed by atoms with Gasteiger partial charge in [-0.25, -0.2) is 4.79 Å². The first kappa shape index (κ1) is 18.2. The van der Waals surface area contributed by atoms with Crippen molar-refractivity contribution in [2.24, 2.45) is 0 Å². The van der Waals surface area contributed by atoms with E-state index in [1.165, 1.54) is 17.1 Å². The molecule has 2 saturated heterocycles. The van der Waals surface area contributed by atoms with Gasteiger partial charge in [0, 0.05) is 25.7 Å². The van der Waals surface area contributed by atoms with Crippen LogP contribution in [-0.2, 0) is 20.8 Å². The van der Waals surface area contributed by atoms with Crippen LogP contribution >= 0.6 is 0 Å². The van der Waals surface area contributed by atoms with Crippen LogP contribution in [0.1, 0.15) is 18.4 Å². The Bertz CT molecular complexity index is 691. The Morgan fingerprint density at radius 3 is 2.62 bits per heavy atom. The van der Waals surface area contributed by atoms with E-state index in [0.29, 0.717) is 19.4 Å². The molecule has 0 unspecified atom stereocenters. The van der Waals surface area contributed by atoms with Gasteiger partial charge in [-0.1, -0.05) is 12.1 Å². The molecular formula is C18H24N4O4. The maximum Gasteiger partial charge on any atom is 0.345 e. The van der Waals surface area contributed by atoms with Crippen molar-refractivity contribution in [1.29, 1.82) is 0 Å². The molecule has 0 aromatic heterocycles. The van der Waals surface area contributed by atoms with Crippen LogP contribution in [0.2, 0.25) is 0 Å². The Morgan fingerprint density at radius 2 is 1.96 bits per heavy atom. The normalized spacial score (nSPS) is 21.7. The van der Waals surface area contributed by atoms with E-state index in [4.69, 9.17) is 4.84 Å². The van der Waals surface area contributed by atoms with Gasteiger partial charge in [-0.15, -0.1) is 0 Å². The molecule has 3 amide bonds. The highest BCUT2D eigenvalue weighted by Gasteiger charge is 2.47. The number of nitrogens with one attached hydrogen (secondary N) is 2. The van der Waals surface area contributed by atoms with Gasteiger partial charge >= 0.3 is 6.03 Å². The Kier molecular flexibility index (Phi) is 5.41. The van der Waals surface area contributed by atoms with Gasteiger partial charge < -0.3 is 15.5 Å². The van der Waals surface area contributed by atoms with Crippen molar-refractivity contribution in [3.05, 3.63) is 29.8 Å². The maximum atomic E-state index is 12.4. The number of Topliss-reactive ketones (excluding diaryl/α,β-unsaturated/α-hetero) is 1. The molecule has 1 aromatic carbocycles. The van der Waals surface area contributed by atoms with E-state index in [1.807, 2.05) is 31.3 Å². The van der Waals surface area contributed by atoms with Crippen LogP contribution in [0.25, 0.3) is 0 Å². The molecule has 0 aliphatic carbocycles. The number of anilines is 1. The number of fused-ring (bicyclic) bond motifs is 2. The van der Waals surface area contributed by atoms with Gasteiger partial charge in [0.15, 0.2) is 5.78 Å². The van der Waals surface area contributed by atoms with E-state index >= 15 is 0 Å². The highest BCUT2D eigenvalue weighted by molar-refractivity contribution is 5.92. The lowest BCUT2D eigenvalue weighted by Gasteiger charge is -2.29. The van der Waals surface area contributed by atoms with Gasteiger partial charge in [0.2, 0.25) is 5.91 Å². The first-order valence-electron chi connectivity index (χ1n) is 8.73. The van der Waals surface area contributed by atoms with Crippen LogP contribution in [-0.4, -0.2) is 67.0 Å². The van der Waals surface area contributed by atoms with Crippen LogP contribution in [0, 0.1) is 0 Å². The van der Waals surface area contributed by atoms with Crippen molar-refractivity contribution in [1.82, 2.24) is 15.3 Å². The lowest BCUT2D eigenvalue weighted by Crippen LogP contribution is -2.50. The Morgan fingerprint density at radius 1 is 1.23 bits per heavy atom. The number of piperidine rings is 1. The fourth-order valence-corrected chi connectivity index (χ4v) is 3.52. The number of hydroxylamine groups is 2. The van der Waals surface area contributed by atoms with E-state index in [2.05, 4.69) is 10.6 Å². The van der Waals surface area contributed by atoms with Crippen LogP contribution < -0.4 is 10.6 Å². The Hall–Kier alpha value is -2.61. The fraction of sp³-hybridized carbons (Fsp3) is 0.500. The first-order valence-corrected chi connectivity index (χ1v) is 8.73. The molecule has 2 aliphatic heterocycles. The summed E-state index contributed by atoms with van der Waals surface area (Å²) in [5, 5.41) is 7.03. The lowest BCUT2D eigenvalue weighted by atomic mass is 10.00. The second-order valence-corrected chi connectivity index (χ2v) is 6.57. The summed E-state index contributed by atoms with van der Waals surface area (Å²) < 4.78 is 0. The third-order valence-electron chi connectivity index (χ3n) is 4.93. The van der Waals surface area contributed by atoms with Gasteiger partial charge in [0.05, 0.1) is 19.7 Å². The van der Waals surface area contributed by atoms with Crippen molar-refractivity contribution in [3.8, 4) is 0 Å².